The van der Waals surface area contributed by atoms with Crippen LogP contribution in [-0.2, 0) is 0 Å². The lowest BCUT2D eigenvalue weighted by atomic mass is 10.2. The molecule has 0 aliphatic carbocycles. The Morgan fingerprint density at radius 1 is 1.09 bits per heavy atom. The number of hydrogen-bond acceptors (Lipinski definition) is 3. The van der Waals surface area contributed by atoms with Gasteiger partial charge in [-0.3, -0.25) is 9.89 Å². The molecule has 0 aromatic heterocycles. The molecule has 0 saturated heterocycles. The van der Waals surface area contributed by atoms with Gasteiger partial charge >= 0.3 is 0 Å². The van der Waals surface area contributed by atoms with Crippen LogP contribution in [0.2, 0.25) is 0 Å². The Morgan fingerprint density at radius 3 is 2.26 bits per heavy atom. The predicted molar refractivity (Wildman–Crippen MR) is 106 cm³/mol. The average Bonchev–Trinajstić information content (AvgIpc) is 2.89. The number of aliphatic imine (C=N–C) groups is 1. The lowest BCUT2D eigenvalue weighted by Gasteiger charge is -2.26. The van der Waals surface area contributed by atoms with Gasteiger partial charge in [0.05, 0.1) is 12.2 Å². The number of hydrogen-bond donors (Lipinski definition) is 1. The SMILES string of the molecule is CC1(C)CN=C(N(C(=S)Nc2ccccc2)c2ccccc2)S1. The number of nitrogens with one attached hydrogen (secondary N) is 1. The molecule has 0 unspecified atom stereocenters. The van der Waals surface area contributed by atoms with Crippen LogP contribution in [0, 0.1) is 0 Å². The van der Waals surface area contributed by atoms with Crippen LogP contribution in [-0.4, -0.2) is 21.6 Å². The molecule has 0 spiro atoms. The summed E-state index contributed by atoms with van der Waals surface area (Å²) in [4.78, 5) is 6.72. The molecule has 0 saturated carbocycles. The van der Waals surface area contributed by atoms with Crippen molar-refractivity contribution < 1.29 is 0 Å². The fourth-order valence-electron chi connectivity index (χ4n) is 2.28. The Balaban J connectivity index is 1.88. The van der Waals surface area contributed by atoms with Crippen LogP contribution in [0.25, 0.3) is 0 Å². The third-order valence-electron chi connectivity index (χ3n) is 3.40. The second-order valence-corrected chi connectivity index (χ2v) is 7.99. The molecule has 2 aromatic carbocycles. The van der Waals surface area contributed by atoms with Crippen molar-refractivity contribution in [3.63, 3.8) is 0 Å². The summed E-state index contributed by atoms with van der Waals surface area (Å²) in [6.45, 7) is 5.19. The second-order valence-electron chi connectivity index (χ2n) is 5.93. The zero-order chi connectivity index (χ0) is 16.3. The molecule has 1 aliphatic rings. The molecule has 0 fully saturated rings. The maximum atomic E-state index is 5.67. The average molecular weight is 342 g/mol. The van der Waals surface area contributed by atoms with Gasteiger partial charge in [0.1, 0.15) is 0 Å². The molecular formula is C18H19N3S2. The van der Waals surface area contributed by atoms with Crippen molar-refractivity contribution in [3.05, 3.63) is 60.7 Å². The van der Waals surface area contributed by atoms with Crippen LogP contribution in [0.1, 0.15) is 13.8 Å². The second kappa shape index (κ2) is 6.72. The van der Waals surface area contributed by atoms with Crippen LogP contribution in [0.3, 0.4) is 0 Å². The Morgan fingerprint density at radius 2 is 1.70 bits per heavy atom. The van der Waals surface area contributed by atoms with Crippen molar-refractivity contribution in [2.45, 2.75) is 18.6 Å². The fourth-order valence-corrected chi connectivity index (χ4v) is 3.69. The largest absolute Gasteiger partial charge is 0.332 e. The third kappa shape index (κ3) is 3.92. The van der Waals surface area contributed by atoms with Crippen molar-refractivity contribution in [2.24, 2.45) is 4.99 Å². The van der Waals surface area contributed by atoms with E-state index in [1.54, 1.807) is 11.8 Å². The summed E-state index contributed by atoms with van der Waals surface area (Å²) in [5.41, 5.74) is 1.99. The van der Waals surface area contributed by atoms with E-state index in [1.165, 1.54) is 0 Å². The first kappa shape index (κ1) is 16.0. The van der Waals surface area contributed by atoms with Crippen molar-refractivity contribution in [1.29, 1.82) is 0 Å². The van der Waals surface area contributed by atoms with Crippen molar-refractivity contribution in [3.8, 4) is 0 Å². The van der Waals surface area contributed by atoms with Crippen LogP contribution in [0.5, 0.6) is 0 Å². The summed E-state index contributed by atoms with van der Waals surface area (Å²) in [5, 5.41) is 4.88. The zero-order valence-corrected chi connectivity index (χ0v) is 14.8. The highest BCUT2D eigenvalue weighted by Crippen LogP contribution is 2.35. The summed E-state index contributed by atoms with van der Waals surface area (Å²) in [5.74, 6) is 0. The number of benzene rings is 2. The molecule has 2 aromatic rings. The summed E-state index contributed by atoms with van der Waals surface area (Å²) >= 11 is 7.43. The predicted octanol–water partition coefficient (Wildman–Crippen LogP) is 4.77. The zero-order valence-electron chi connectivity index (χ0n) is 13.2. The molecule has 0 atom stereocenters. The van der Waals surface area contributed by atoms with Crippen molar-refractivity contribution in [2.75, 3.05) is 16.8 Å². The van der Waals surface area contributed by atoms with Crippen LogP contribution >= 0.6 is 24.0 Å². The van der Waals surface area contributed by atoms with E-state index in [2.05, 4.69) is 19.2 Å². The highest BCUT2D eigenvalue weighted by molar-refractivity contribution is 8.15. The standard InChI is InChI=1S/C18H19N3S2/c1-18(2)13-19-17(23-18)21(15-11-7-4-8-12-15)16(22)20-14-9-5-3-6-10-14/h3-12H,13H2,1-2H3,(H,20,22). The molecule has 3 nitrogen and oxygen atoms in total. The quantitative estimate of drug-likeness (QED) is 0.796. The summed E-state index contributed by atoms with van der Waals surface area (Å²) in [6.07, 6.45) is 0. The van der Waals surface area contributed by atoms with Crippen molar-refractivity contribution in [1.82, 2.24) is 0 Å². The molecule has 1 N–H and O–H groups in total. The van der Waals surface area contributed by atoms with Crippen LogP contribution in [0.4, 0.5) is 11.4 Å². The van der Waals surface area contributed by atoms with Gasteiger partial charge in [0.25, 0.3) is 0 Å². The first-order valence-electron chi connectivity index (χ1n) is 7.50. The molecule has 3 rings (SSSR count). The highest BCUT2D eigenvalue weighted by Gasteiger charge is 2.32. The monoisotopic (exact) mass is 341 g/mol. The maximum absolute atomic E-state index is 5.67. The molecule has 1 aliphatic heterocycles. The van der Waals surface area contributed by atoms with E-state index < -0.39 is 0 Å². The summed E-state index contributed by atoms with van der Waals surface area (Å²) < 4.78 is 0.102. The van der Waals surface area contributed by atoms with Crippen LogP contribution in [0.15, 0.2) is 65.7 Å². The lowest BCUT2D eigenvalue weighted by Crippen LogP contribution is -2.38. The molecule has 1 heterocycles. The van der Waals surface area contributed by atoms with E-state index in [0.29, 0.717) is 5.11 Å². The van der Waals surface area contributed by atoms with E-state index in [1.807, 2.05) is 65.6 Å². The Kier molecular flexibility index (Phi) is 4.68. The highest BCUT2D eigenvalue weighted by atomic mass is 32.2. The minimum atomic E-state index is 0.102. The number of nitrogens with zero attached hydrogens (tertiary/aromatic N) is 2. The van der Waals surface area contributed by atoms with Gasteiger partial charge < -0.3 is 5.32 Å². The minimum absolute atomic E-state index is 0.102. The maximum Gasteiger partial charge on any atom is 0.184 e. The van der Waals surface area contributed by atoms with E-state index in [4.69, 9.17) is 17.2 Å². The van der Waals surface area contributed by atoms with E-state index >= 15 is 0 Å². The fraction of sp³-hybridized carbons (Fsp3) is 0.222. The Hall–Kier alpha value is -1.85. The molecule has 23 heavy (non-hydrogen) atoms. The van der Waals surface area contributed by atoms with Gasteiger partial charge in [-0.2, -0.15) is 0 Å². The number of anilines is 2. The molecule has 5 heteroatoms. The Bertz CT molecular complexity index is 712. The first-order valence-corrected chi connectivity index (χ1v) is 8.72. The molecular weight excluding hydrogens is 322 g/mol. The summed E-state index contributed by atoms with van der Waals surface area (Å²) in [7, 11) is 0. The first-order chi connectivity index (χ1) is 11.1. The van der Waals surface area contributed by atoms with Gasteiger partial charge in [0.15, 0.2) is 10.3 Å². The normalized spacial score (nSPS) is 15.8. The van der Waals surface area contributed by atoms with Gasteiger partial charge in [-0.05, 0) is 50.3 Å². The lowest BCUT2D eigenvalue weighted by molar-refractivity contribution is 0.741. The number of amidine groups is 1. The van der Waals surface area contributed by atoms with Gasteiger partial charge in [-0.25, -0.2) is 0 Å². The molecule has 0 amide bonds. The van der Waals surface area contributed by atoms with E-state index in [-0.39, 0.29) is 4.75 Å². The summed E-state index contributed by atoms with van der Waals surface area (Å²) in [6, 6.07) is 20.1. The molecule has 0 radical (unpaired) electrons. The third-order valence-corrected chi connectivity index (χ3v) is 4.86. The number of para-hydroxylation sites is 2. The number of rotatable bonds is 2. The number of thiocarbonyl (C=S) groups is 1. The number of thioether (sulfide) groups is 1. The van der Waals surface area contributed by atoms with E-state index in [9.17, 15) is 0 Å². The molecule has 0 bridgehead atoms. The van der Waals surface area contributed by atoms with Gasteiger partial charge in [0.2, 0.25) is 0 Å². The molecule has 118 valence electrons. The Labute approximate surface area is 146 Å². The minimum Gasteiger partial charge on any atom is -0.332 e. The van der Waals surface area contributed by atoms with E-state index in [0.717, 1.165) is 23.1 Å². The van der Waals surface area contributed by atoms with Gasteiger partial charge in [-0.1, -0.05) is 48.2 Å². The van der Waals surface area contributed by atoms with Gasteiger partial charge in [0, 0.05) is 10.4 Å². The topological polar surface area (TPSA) is 27.6 Å². The van der Waals surface area contributed by atoms with Gasteiger partial charge in [-0.15, -0.1) is 0 Å². The van der Waals surface area contributed by atoms with Crippen LogP contribution < -0.4 is 10.2 Å². The van der Waals surface area contributed by atoms with Crippen molar-refractivity contribution >= 4 is 45.6 Å². The smallest absolute Gasteiger partial charge is 0.184 e.